The van der Waals surface area contributed by atoms with Crippen molar-refractivity contribution in [2.75, 3.05) is 5.32 Å². The highest BCUT2D eigenvalue weighted by Gasteiger charge is 2.58. The summed E-state index contributed by atoms with van der Waals surface area (Å²) in [6.07, 6.45) is 1.79. The van der Waals surface area contributed by atoms with Crippen molar-refractivity contribution in [3.8, 4) is 0 Å². The maximum Gasteiger partial charge on any atom is 0.255 e. The molecule has 0 spiro atoms. The minimum Gasteiger partial charge on any atom is -0.387 e. The van der Waals surface area contributed by atoms with Crippen molar-refractivity contribution in [2.24, 2.45) is 16.8 Å². The summed E-state index contributed by atoms with van der Waals surface area (Å²) in [7, 11) is -4.10. The lowest BCUT2D eigenvalue weighted by Crippen LogP contribution is -2.53. The maximum absolute atomic E-state index is 13.8. The first kappa shape index (κ1) is 30.7. The number of nitrogens with one attached hydrogen (secondary N) is 1. The van der Waals surface area contributed by atoms with E-state index in [1.165, 1.54) is 32.2 Å². The zero-order valence-corrected chi connectivity index (χ0v) is 24.3. The number of carbonyl (C=O) groups is 1. The third-order valence-corrected chi connectivity index (χ3v) is 11.3. The maximum atomic E-state index is 13.8. The number of aliphatic hydroxyl groups excluding tert-OH is 1. The first-order valence-electron chi connectivity index (χ1n) is 13.4. The van der Waals surface area contributed by atoms with Gasteiger partial charge in [0.05, 0.1) is 26.5 Å². The Bertz CT molecular complexity index is 1580. The summed E-state index contributed by atoms with van der Waals surface area (Å²) in [5.41, 5.74) is -2.37. The Morgan fingerprint density at radius 3 is 2.29 bits per heavy atom. The number of benzene rings is 2. The standard InChI is InChI=1S/C29H30ClF3N2O6S/c1-28(2,38)26(36)15-8-24(34-13-15)29(39)16-4-5-17(29)10-19(9-16)42(40,41)23-7-14(3-6-20(23)30)27(37)35-18-11-21(31)25(33)22(32)12-18/h3,6-7,11-13,16-17,19,26,36,38-39H,4-5,8-10H2,1-2H3,(H,35,37). The molecule has 2 fully saturated rings. The minimum atomic E-state index is -4.10. The van der Waals surface area contributed by atoms with Crippen LogP contribution in [-0.2, 0) is 9.84 Å². The van der Waals surface area contributed by atoms with Crippen molar-refractivity contribution >= 4 is 38.7 Å². The number of anilines is 1. The monoisotopic (exact) mass is 626 g/mol. The van der Waals surface area contributed by atoms with E-state index in [0.29, 0.717) is 36.3 Å². The Morgan fingerprint density at radius 2 is 1.71 bits per heavy atom. The molecule has 0 saturated heterocycles. The molecule has 1 amide bonds. The molecule has 4 N–H and O–H groups in total. The largest absolute Gasteiger partial charge is 0.387 e. The van der Waals surface area contributed by atoms with Gasteiger partial charge in [-0.25, -0.2) is 21.6 Å². The highest BCUT2D eigenvalue weighted by atomic mass is 35.5. The van der Waals surface area contributed by atoms with Crippen LogP contribution in [-0.4, -0.2) is 57.9 Å². The number of aliphatic hydroxyl groups is 3. The van der Waals surface area contributed by atoms with Crippen LogP contribution in [0.15, 0.2) is 52.0 Å². The number of nitrogens with zero attached hydrogens (tertiary/aromatic N) is 1. The number of amides is 1. The fourth-order valence-electron chi connectivity index (χ4n) is 6.41. The van der Waals surface area contributed by atoms with Crippen LogP contribution in [0.4, 0.5) is 18.9 Å². The number of aliphatic imine (C=N–C) groups is 1. The van der Waals surface area contributed by atoms with Crippen molar-refractivity contribution in [1.29, 1.82) is 0 Å². The van der Waals surface area contributed by atoms with E-state index in [9.17, 15) is 41.7 Å². The minimum absolute atomic E-state index is 0.110. The number of rotatable bonds is 7. The molecule has 5 rings (SSSR count). The van der Waals surface area contributed by atoms with Gasteiger partial charge >= 0.3 is 0 Å². The molecule has 2 aromatic rings. The molecule has 0 radical (unpaired) electrons. The van der Waals surface area contributed by atoms with E-state index < -0.39 is 67.6 Å². The number of fused-ring (bicyclic) bond motifs is 2. The van der Waals surface area contributed by atoms with E-state index in [0.717, 1.165) is 6.07 Å². The molecule has 3 atom stereocenters. The summed E-state index contributed by atoms with van der Waals surface area (Å²) in [5, 5.41) is 33.7. The van der Waals surface area contributed by atoms with Crippen LogP contribution in [0.5, 0.6) is 0 Å². The van der Waals surface area contributed by atoms with Gasteiger partial charge in [-0.1, -0.05) is 11.6 Å². The lowest BCUT2D eigenvalue weighted by atomic mass is 9.70. The van der Waals surface area contributed by atoms with E-state index in [1.54, 1.807) is 0 Å². The Morgan fingerprint density at radius 1 is 1.12 bits per heavy atom. The van der Waals surface area contributed by atoms with Gasteiger partial charge in [0.25, 0.3) is 5.91 Å². The summed E-state index contributed by atoms with van der Waals surface area (Å²) < 4.78 is 68.1. The molecule has 2 aliphatic carbocycles. The van der Waals surface area contributed by atoms with E-state index in [1.807, 2.05) is 0 Å². The van der Waals surface area contributed by atoms with E-state index >= 15 is 0 Å². The van der Waals surface area contributed by atoms with E-state index in [2.05, 4.69) is 10.3 Å². The zero-order valence-electron chi connectivity index (χ0n) is 22.7. The van der Waals surface area contributed by atoms with Crippen LogP contribution in [0, 0.1) is 29.3 Å². The molecule has 8 nitrogen and oxygen atoms in total. The Hall–Kier alpha value is -2.77. The van der Waals surface area contributed by atoms with Gasteiger partial charge in [0, 0.05) is 36.0 Å². The first-order valence-corrected chi connectivity index (χ1v) is 15.3. The Labute approximate surface area is 245 Å². The number of hydrogen-bond donors (Lipinski definition) is 4. The zero-order chi connectivity index (χ0) is 30.8. The van der Waals surface area contributed by atoms with Crippen LogP contribution < -0.4 is 5.32 Å². The molecular formula is C29H30ClF3N2O6S. The summed E-state index contributed by atoms with van der Waals surface area (Å²) in [4.78, 5) is 16.9. The van der Waals surface area contributed by atoms with Crippen LogP contribution in [0.1, 0.15) is 56.3 Å². The molecule has 2 bridgehead atoms. The van der Waals surface area contributed by atoms with Crippen LogP contribution in [0.2, 0.25) is 5.02 Å². The molecule has 1 aliphatic heterocycles. The van der Waals surface area contributed by atoms with Gasteiger partial charge in [-0.3, -0.25) is 9.79 Å². The van der Waals surface area contributed by atoms with Gasteiger partial charge in [-0.05, 0) is 75.1 Å². The lowest BCUT2D eigenvalue weighted by molar-refractivity contribution is -0.0295. The smallest absolute Gasteiger partial charge is 0.255 e. The number of sulfone groups is 1. The Balaban J connectivity index is 1.35. The summed E-state index contributed by atoms with van der Waals surface area (Å²) in [6, 6.07) is 4.77. The van der Waals surface area contributed by atoms with Crippen LogP contribution in [0.3, 0.4) is 0 Å². The van der Waals surface area contributed by atoms with Crippen molar-refractivity contribution in [3.05, 3.63) is 70.1 Å². The van der Waals surface area contributed by atoms with Crippen LogP contribution >= 0.6 is 11.6 Å². The number of hydrogen-bond acceptors (Lipinski definition) is 7. The SMILES string of the molecule is CC(C)(O)C(O)C1=CN=C(C2(O)C3CCC2CC(S(=O)(=O)c2cc(C(=O)Nc4cc(F)c(F)c(F)c4)ccc2Cl)C3)C1. The average Bonchev–Trinajstić information content (AvgIpc) is 3.44. The molecule has 3 unspecified atom stereocenters. The van der Waals surface area contributed by atoms with Gasteiger partial charge in [0.15, 0.2) is 27.3 Å². The third kappa shape index (κ3) is 5.28. The van der Waals surface area contributed by atoms with Gasteiger partial charge < -0.3 is 20.6 Å². The average molecular weight is 627 g/mol. The van der Waals surface area contributed by atoms with E-state index in [4.69, 9.17) is 11.6 Å². The molecule has 13 heteroatoms. The van der Waals surface area contributed by atoms with Crippen molar-refractivity contribution in [2.45, 2.75) is 73.4 Å². The molecule has 2 saturated carbocycles. The van der Waals surface area contributed by atoms with Crippen LogP contribution in [0.25, 0.3) is 0 Å². The normalized spacial score (nSPS) is 26.5. The fourth-order valence-corrected chi connectivity index (χ4v) is 8.81. The second-order valence-electron chi connectivity index (χ2n) is 11.8. The van der Waals surface area contributed by atoms with Gasteiger partial charge in [0.1, 0.15) is 11.7 Å². The summed E-state index contributed by atoms with van der Waals surface area (Å²) in [5.74, 6) is -6.45. The third-order valence-electron chi connectivity index (χ3n) is 8.62. The second-order valence-corrected chi connectivity index (χ2v) is 14.4. The van der Waals surface area contributed by atoms with E-state index in [-0.39, 0.29) is 40.4 Å². The van der Waals surface area contributed by atoms with Gasteiger partial charge in [-0.2, -0.15) is 0 Å². The predicted octanol–water partition coefficient (Wildman–Crippen LogP) is 4.56. The van der Waals surface area contributed by atoms with Crippen molar-refractivity contribution in [3.63, 3.8) is 0 Å². The summed E-state index contributed by atoms with van der Waals surface area (Å²) >= 11 is 6.28. The molecule has 42 heavy (non-hydrogen) atoms. The van der Waals surface area contributed by atoms with Crippen molar-refractivity contribution < 1.29 is 41.7 Å². The quantitative estimate of drug-likeness (QED) is 0.333. The molecule has 0 aromatic heterocycles. The van der Waals surface area contributed by atoms with Gasteiger partial charge in [0.2, 0.25) is 0 Å². The Kier molecular flexibility index (Phi) is 7.85. The summed E-state index contributed by atoms with van der Waals surface area (Å²) in [6.45, 7) is 2.94. The predicted molar refractivity (Wildman–Crippen MR) is 150 cm³/mol. The molecule has 3 aliphatic rings. The molecule has 1 heterocycles. The second kappa shape index (κ2) is 10.7. The number of halogens is 4. The number of carbonyl (C=O) groups excluding carboxylic acids is 1. The van der Waals surface area contributed by atoms with Crippen molar-refractivity contribution in [1.82, 2.24) is 0 Å². The topological polar surface area (TPSA) is 136 Å². The molecular weight excluding hydrogens is 597 g/mol. The first-order chi connectivity index (χ1) is 19.5. The highest BCUT2D eigenvalue weighted by molar-refractivity contribution is 7.92. The van der Waals surface area contributed by atoms with Gasteiger partial charge in [-0.15, -0.1) is 0 Å². The highest BCUT2D eigenvalue weighted by Crippen LogP contribution is 2.54. The molecule has 226 valence electrons. The fraction of sp³-hybridized carbons (Fsp3) is 0.448. The molecule has 2 aromatic carbocycles. The lowest BCUT2D eigenvalue weighted by Gasteiger charge is -2.43.